The molecule has 1 rings (SSSR count). The minimum absolute atomic E-state index is 0.0687. The smallest absolute Gasteiger partial charge is 0.234 e. The molecule has 0 aliphatic heterocycles. The molecule has 4 heteroatoms. The van der Waals surface area contributed by atoms with Crippen LogP contribution in [0.25, 0.3) is 0 Å². The van der Waals surface area contributed by atoms with Crippen LogP contribution in [0.1, 0.15) is 32.1 Å². The van der Waals surface area contributed by atoms with Crippen LogP contribution in [0.2, 0.25) is 0 Å². The zero-order valence-corrected chi connectivity index (χ0v) is 9.80. The van der Waals surface area contributed by atoms with Crippen LogP contribution >= 0.6 is 0 Å². The SMILES string of the molecule is C=CCNCC(=O)NCC1(O)CCCCC1. The Morgan fingerprint density at radius 1 is 1.38 bits per heavy atom. The van der Waals surface area contributed by atoms with E-state index < -0.39 is 5.60 Å². The minimum Gasteiger partial charge on any atom is -0.388 e. The van der Waals surface area contributed by atoms with Crippen LogP contribution in [-0.4, -0.2) is 36.2 Å². The molecule has 0 unspecified atom stereocenters. The van der Waals surface area contributed by atoms with Gasteiger partial charge in [0.15, 0.2) is 0 Å². The summed E-state index contributed by atoms with van der Waals surface area (Å²) in [6.07, 6.45) is 6.61. The summed E-state index contributed by atoms with van der Waals surface area (Å²) in [4.78, 5) is 11.4. The first kappa shape index (κ1) is 13.2. The Bertz CT molecular complexity index is 235. The van der Waals surface area contributed by atoms with Gasteiger partial charge in [-0.25, -0.2) is 0 Å². The third-order valence-electron chi connectivity index (χ3n) is 2.97. The summed E-state index contributed by atoms with van der Waals surface area (Å²) < 4.78 is 0. The summed E-state index contributed by atoms with van der Waals surface area (Å²) in [6, 6.07) is 0. The van der Waals surface area contributed by atoms with E-state index >= 15 is 0 Å². The first-order chi connectivity index (χ1) is 7.66. The van der Waals surface area contributed by atoms with E-state index in [1.807, 2.05) is 0 Å². The zero-order chi connectivity index (χ0) is 11.9. The number of rotatable bonds is 6. The zero-order valence-electron chi connectivity index (χ0n) is 9.80. The van der Waals surface area contributed by atoms with Crippen molar-refractivity contribution in [1.29, 1.82) is 0 Å². The summed E-state index contributed by atoms with van der Waals surface area (Å²) >= 11 is 0. The fraction of sp³-hybridized carbons (Fsp3) is 0.750. The molecule has 0 heterocycles. The predicted octanol–water partition coefficient (Wildman–Crippen LogP) is 0.573. The van der Waals surface area contributed by atoms with Gasteiger partial charge in [0.2, 0.25) is 5.91 Å². The second kappa shape index (κ2) is 6.66. The van der Waals surface area contributed by atoms with E-state index in [0.29, 0.717) is 13.1 Å². The molecular formula is C12H22N2O2. The average molecular weight is 226 g/mol. The normalized spacial score (nSPS) is 19.1. The molecule has 0 atom stereocenters. The highest BCUT2D eigenvalue weighted by Crippen LogP contribution is 2.27. The molecule has 0 bridgehead atoms. The lowest BCUT2D eigenvalue weighted by Gasteiger charge is -2.32. The van der Waals surface area contributed by atoms with Crippen molar-refractivity contribution in [2.24, 2.45) is 0 Å². The Hall–Kier alpha value is -0.870. The van der Waals surface area contributed by atoms with Gasteiger partial charge in [-0.3, -0.25) is 4.79 Å². The monoisotopic (exact) mass is 226 g/mol. The molecule has 92 valence electrons. The summed E-state index contributed by atoms with van der Waals surface area (Å²) in [7, 11) is 0. The molecular weight excluding hydrogens is 204 g/mol. The van der Waals surface area contributed by atoms with Crippen LogP contribution in [0.5, 0.6) is 0 Å². The fourth-order valence-corrected chi connectivity index (χ4v) is 2.00. The highest BCUT2D eigenvalue weighted by molar-refractivity contribution is 5.78. The molecule has 1 fully saturated rings. The van der Waals surface area contributed by atoms with Crippen molar-refractivity contribution < 1.29 is 9.90 Å². The quantitative estimate of drug-likeness (QED) is 0.458. The predicted molar refractivity (Wildman–Crippen MR) is 64.1 cm³/mol. The maximum atomic E-state index is 11.4. The number of nitrogens with one attached hydrogen (secondary N) is 2. The number of amides is 1. The third kappa shape index (κ3) is 4.77. The lowest BCUT2D eigenvalue weighted by molar-refractivity contribution is -0.121. The Kier molecular flexibility index (Phi) is 5.49. The molecule has 0 aromatic heterocycles. The summed E-state index contributed by atoms with van der Waals surface area (Å²) in [5, 5.41) is 15.8. The van der Waals surface area contributed by atoms with Crippen molar-refractivity contribution in [1.82, 2.24) is 10.6 Å². The first-order valence-corrected chi connectivity index (χ1v) is 5.97. The molecule has 3 N–H and O–H groups in total. The largest absolute Gasteiger partial charge is 0.388 e. The van der Waals surface area contributed by atoms with Crippen molar-refractivity contribution in [3.05, 3.63) is 12.7 Å². The second-order valence-electron chi connectivity index (χ2n) is 4.48. The average Bonchev–Trinajstić information content (AvgIpc) is 2.28. The van der Waals surface area contributed by atoms with Gasteiger partial charge in [-0.15, -0.1) is 6.58 Å². The van der Waals surface area contributed by atoms with Crippen LogP contribution in [-0.2, 0) is 4.79 Å². The molecule has 16 heavy (non-hydrogen) atoms. The van der Waals surface area contributed by atoms with Gasteiger partial charge in [-0.05, 0) is 12.8 Å². The van der Waals surface area contributed by atoms with Gasteiger partial charge in [-0.1, -0.05) is 25.3 Å². The van der Waals surface area contributed by atoms with E-state index in [0.717, 1.165) is 25.7 Å². The highest BCUT2D eigenvalue weighted by atomic mass is 16.3. The van der Waals surface area contributed by atoms with Crippen molar-refractivity contribution in [3.63, 3.8) is 0 Å². The van der Waals surface area contributed by atoms with E-state index in [1.54, 1.807) is 6.08 Å². The maximum absolute atomic E-state index is 11.4. The van der Waals surface area contributed by atoms with Crippen LogP contribution in [0.4, 0.5) is 0 Å². The van der Waals surface area contributed by atoms with Gasteiger partial charge < -0.3 is 15.7 Å². The highest BCUT2D eigenvalue weighted by Gasteiger charge is 2.29. The van der Waals surface area contributed by atoms with Crippen LogP contribution in [0, 0.1) is 0 Å². The topological polar surface area (TPSA) is 61.4 Å². The Morgan fingerprint density at radius 3 is 2.69 bits per heavy atom. The molecule has 1 aliphatic rings. The van der Waals surface area contributed by atoms with Crippen LogP contribution in [0.15, 0.2) is 12.7 Å². The molecule has 0 aromatic rings. The molecule has 4 nitrogen and oxygen atoms in total. The summed E-state index contributed by atoms with van der Waals surface area (Å²) in [5.41, 5.74) is -0.674. The van der Waals surface area contributed by atoms with Crippen LogP contribution in [0.3, 0.4) is 0 Å². The number of aliphatic hydroxyl groups is 1. The van der Waals surface area contributed by atoms with E-state index in [2.05, 4.69) is 17.2 Å². The molecule has 0 radical (unpaired) electrons. The molecule has 1 saturated carbocycles. The van der Waals surface area contributed by atoms with Gasteiger partial charge in [0, 0.05) is 13.1 Å². The third-order valence-corrected chi connectivity index (χ3v) is 2.97. The molecule has 1 amide bonds. The Balaban J connectivity index is 2.17. The number of carbonyl (C=O) groups is 1. The van der Waals surface area contributed by atoms with E-state index in [-0.39, 0.29) is 12.5 Å². The minimum atomic E-state index is -0.674. The Labute approximate surface area is 97.1 Å². The summed E-state index contributed by atoms with van der Waals surface area (Å²) in [6.45, 7) is 4.83. The maximum Gasteiger partial charge on any atom is 0.234 e. The lowest BCUT2D eigenvalue weighted by atomic mass is 9.85. The first-order valence-electron chi connectivity index (χ1n) is 5.97. The van der Waals surface area contributed by atoms with E-state index in [1.165, 1.54) is 6.42 Å². The second-order valence-corrected chi connectivity index (χ2v) is 4.48. The molecule has 0 spiro atoms. The number of hydrogen-bond acceptors (Lipinski definition) is 3. The van der Waals surface area contributed by atoms with Gasteiger partial charge in [0.25, 0.3) is 0 Å². The molecule has 1 aliphatic carbocycles. The van der Waals surface area contributed by atoms with Crippen LogP contribution < -0.4 is 10.6 Å². The van der Waals surface area contributed by atoms with Gasteiger partial charge in [-0.2, -0.15) is 0 Å². The molecule has 0 aromatic carbocycles. The van der Waals surface area contributed by atoms with Crippen molar-refractivity contribution in [2.45, 2.75) is 37.7 Å². The van der Waals surface area contributed by atoms with E-state index in [9.17, 15) is 9.90 Å². The lowest BCUT2D eigenvalue weighted by Crippen LogP contribution is -2.46. The van der Waals surface area contributed by atoms with Crippen molar-refractivity contribution in [3.8, 4) is 0 Å². The van der Waals surface area contributed by atoms with Crippen molar-refractivity contribution in [2.75, 3.05) is 19.6 Å². The molecule has 0 saturated heterocycles. The fourth-order valence-electron chi connectivity index (χ4n) is 2.00. The van der Waals surface area contributed by atoms with E-state index in [4.69, 9.17) is 0 Å². The standard InChI is InChI=1S/C12H22N2O2/c1-2-8-13-9-11(15)14-10-12(16)6-4-3-5-7-12/h2,13,16H,1,3-10H2,(H,14,15). The number of carbonyl (C=O) groups excluding carboxylic acids is 1. The summed E-state index contributed by atoms with van der Waals surface area (Å²) in [5.74, 6) is -0.0687. The van der Waals surface area contributed by atoms with Gasteiger partial charge >= 0.3 is 0 Å². The Morgan fingerprint density at radius 2 is 2.06 bits per heavy atom. The van der Waals surface area contributed by atoms with Gasteiger partial charge in [0.05, 0.1) is 12.1 Å². The number of hydrogen-bond donors (Lipinski definition) is 3. The van der Waals surface area contributed by atoms with Crippen molar-refractivity contribution >= 4 is 5.91 Å². The van der Waals surface area contributed by atoms with Gasteiger partial charge in [0.1, 0.15) is 0 Å².